The third-order valence-electron chi connectivity index (χ3n) is 4.78. The monoisotopic (exact) mass is 412 g/mol. The first-order valence-electron chi connectivity index (χ1n) is 9.20. The molecule has 5 nitrogen and oxygen atoms in total. The maximum atomic E-state index is 12.6. The SMILES string of the molecule is C[C@@H](OC(=O)c1csc(-c2cccs2)n1)C(=O)N[C@H]1CCCc2ccccc21. The first kappa shape index (κ1) is 18.8. The maximum absolute atomic E-state index is 12.6. The van der Waals surface area contributed by atoms with Crippen molar-refractivity contribution in [3.8, 4) is 9.88 Å². The average molecular weight is 413 g/mol. The topological polar surface area (TPSA) is 68.3 Å². The molecule has 28 heavy (non-hydrogen) atoms. The Kier molecular flexibility index (Phi) is 5.54. The van der Waals surface area contributed by atoms with Crippen LogP contribution in [0.5, 0.6) is 0 Å². The highest BCUT2D eigenvalue weighted by atomic mass is 32.1. The van der Waals surface area contributed by atoms with Crippen LogP contribution in [0, 0.1) is 0 Å². The molecule has 0 bridgehead atoms. The summed E-state index contributed by atoms with van der Waals surface area (Å²) in [6.07, 6.45) is 2.07. The van der Waals surface area contributed by atoms with E-state index < -0.39 is 12.1 Å². The van der Waals surface area contributed by atoms with Crippen LogP contribution in [0.3, 0.4) is 0 Å². The standard InChI is InChI=1S/C21H20N2O3S2/c1-13(19(24)22-16-9-4-7-14-6-2-3-8-15(14)16)26-21(25)17-12-28-20(23-17)18-10-5-11-27-18/h2-3,5-6,8,10-13,16H,4,7,9H2,1H3,(H,22,24)/t13-,16+/m1/s1. The van der Waals surface area contributed by atoms with E-state index in [0.29, 0.717) is 0 Å². The van der Waals surface area contributed by atoms with E-state index >= 15 is 0 Å². The van der Waals surface area contributed by atoms with E-state index in [-0.39, 0.29) is 17.6 Å². The molecule has 0 fully saturated rings. The van der Waals surface area contributed by atoms with Gasteiger partial charge in [0.25, 0.3) is 5.91 Å². The van der Waals surface area contributed by atoms with Gasteiger partial charge in [0, 0.05) is 5.38 Å². The Labute approximate surface area is 171 Å². The second-order valence-electron chi connectivity index (χ2n) is 6.71. The molecule has 2 atom stereocenters. The number of carbonyl (C=O) groups excluding carboxylic acids is 2. The van der Waals surface area contributed by atoms with Crippen molar-refractivity contribution >= 4 is 34.6 Å². The Morgan fingerprint density at radius 3 is 2.89 bits per heavy atom. The molecule has 0 saturated carbocycles. The van der Waals surface area contributed by atoms with Crippen molar-refractivity contribution in [1.82, 2.24) is 10.3 Å². The zero-order valence-corrected chi connectivity index (χ0v) is 17.0. The molecule has 2 aromatic heterocycles. The number of fused-ring (bicyclic) bond motifs is 1. The molecule has 0 unspecified atom stereocenters. The quantitative estimate of drug-likeness (QED) is 0.622. The van der Waals surface area contributed by atoms with Gasteiger partial charge < -0.3 is 10.1 Å². The Morgan fingerprint density at radius 2 is 2.07 bits per heavy atom. The van der Waals surface area contributed by atoms with Crippen LogP contribution in [-0.2, 0) is 16.0 Å². The molecule has 144 valence electrons. The summed E-state index contributed by atoms with van der Waals surface area (Å²) in [5, 5.41) is 7.43. The molecule has 3 aromatic rings. The van der Waals surface area contributed by atoms with Crippen LogP contribution in [-0.4, -0.2) is 23.0 Å². The molecule has 1 N–H and O–H groups in total. The van der Waals surface area contributed by atoms with Crippen molar-refractivity contribution in [1.29, 1.82) is 0 Å². The van der Waals surface area contributed by atoms with Gasteiger partial charge in [-0.1, -0.05) is 30.3 Å². The highest BCUT2D eigenvalue weighted by molar-refractivity contribution is 7.20. The van der Waals surface area contributed by atoms with Gasteiger partial charge in [-0.05, 0) is 48.8 Å². The van der Waals surface area contributed by atoms with E-state index in [1.807, 2.05) is 29.6 Å². The zero-order valence-electron chi connectivity index (χ0n) is 15.4. The van der Waals surface area contributed by atoms with Crippen LogP contribution in [0.1, 0.15) is 47.4 Å². The summed E-state index contributed by atoms with van der Waals surface area (Å²) in [5.74, 6) is -0.866. The van der Waals surface area contributed by atoms with Gasteiger partial charge >= 0.3 is 5.97 Å². The van der Waals surface area contributed by atoms with Crippen molar-refractivity contribution in [3.05, 3.63) is 64.0 Å². The second kappa shape index (κ2) is 8.24. The molecule has 0 spiro atoms. The van der Waals surface area contributed by atoms with Gasteiger partial charge in [-0.25, -0.2) is 9.78 Å². The minimum absolute atomic E-state index is 0.0386. The summed E-state index contributed by atoms with van der Waals surface area (Å²) >= 11 is 2.96. The van der Waals surface area contributed by atoms with E-state index in [0.717, 1.165) is 34.7 Å². The number of hydrogen-bond donors (Lipinski definition) is 1. The number of rotatable bonds is 5. The third-order valence-corrected chi connectivity index (χ3v) is 6.67. The van der Waals surface area contributed by atoms with Gasteiger partial charge in [0.2, 0.25) is 0 Å². The number of thiophene rings is 1. The predicted octanol–water partition coefficient (Wildman–Crippen LogP) is 4.61. The van der Waals surface area contributed by atoms with Crippen molar-refractivity contribution in [2.45, 2.75) is 38.3 Å². The Balaban J connectivity index is 1.38. The number of aromatic nitrogens is 1. The fourth-order valence-electron chi connectivity index (χ4n) is 3.35. The number of ether oxygens (including phenoxy) is 1. The average Bonchev–Trinajstić information content (AvgIpc) is 3.40. The van der Waals surface area contributed by atoms with Crippen LogP contribution >= 0.6 is 22.7 Å². The van der Waals surface area contributed by atoms with Crippen molar-refractivity contribution in [2.24, 2.45) is 0 Å². The summed E-state index contributed by atoms with van der Waals surface area (Å²) in [4.78, 5) is 30.3. The normalized spacial score (nSPS) is 16.8. The minimum Gasteiger partial charge on any atom is -0.448 e. The molecule has 2 heterocycles. The lowest BCUT2D eigenvalue weighted by molar-refractivity contribution is -0.130. The third kappa shape index (κ3) is 4.00. The van der Waals surface area contributed by atoms with Crippen molar-refractivity contribution < 1.29 is 14.3 Å². The van der Waals surface area contributed by atoms with Gasteiger partial charge in [-0.3, -0.25) is 4.79 Å². The van der Waals surface area contributed by atoms with E-state index in [9.17, 15) is 9.59 Å². The lowest BCUT2D eigenvalue weighted by atomic mass is 9.87. The molecule has 1 aliphatic carbocycles. The van der Waals surface area contributed by atoms with Crippen molar-refractivity contribution in [3.63, 3.8) is 0 Å². The molecule has 0 aliphatic heterocycles. The van der Waals surface area contributed by atoms with Crippen LogP contribution in [0.15, 0.2) is 47.2 Å². The summed E-state index contributed by atoms with van der Waals surface area (Å²) in [6, 6.07) is 12.0. The van der Waals surface area contributed by atoms with Gasteiger partial charge in [0.1, 0.15) is 5.01 Å². The molecule has 4 rings (SSSR count). The fraction of sp³-hybridized carbons (Fsp3) is 0.286. The first-order valence-corrected chi connectivity index (χ1v) is 11.0. The summed E-state index contributed by atoms with van der Waals surface area (Å²) in [6.45, 7) is 1.59. The van der Waals surface area contributed by atoms with Gasteiger partial charge in [0.05, 0.1) is 10.9 Å². The molecule has 1 aromatic carbocycles. The van der Waals surface area contributed by atoms with Crippen LogP contribution < -0.4 is 5.32 Å². The number of benzene rings is 1. The number of thiazole rings is 1. The molecule has 0 radical (unpaired) electrons. The number of esters is 1. The lowest BCUT2D eigenvalue weighted by Gasteiger charge is -2.27. The van der Waals surface area contributed by atoms with Crippen LogP contribution in [0.25, 0.3) is 9.88 Å². The number of nitrogens with zero attached hydrogens (tertiary/aromatic N) is 1. The molecular weight excluding hydrogens is 392 g/mol. The van der Waals surface area contributed by atoms with Crippen LogP contribution in [0.4, 0.5) is 0 Å². The first-order chi connectivity index (χ1) is 13.6. The van der Waals surface area contributed by atoms with E-state index in [2.05, 4.69) is 22.4 Å². The zero-order chi connectivity index (χ0) is 19.5. The van der Waals surface area contributed by atoms with Gasteiger partial charge in [-0.2, -0.15) is 0 Å². The molecule has 7 heteroatoms. The Bertz CT molecular complexity index is 981. The Morgan fingerprint density at radius 1 is 1.21 bits per heavy atom. The van der Waals surface area contributed by atoms with Crippen molar-refractivity contribution in [2.75, 3.05) is 0 Å². The molecule has 1 amide bonds. The number of hydrogen-bond acceptors (Lipinski definition) is 6. The molecule has 1 aliphatic rings. The largest absolute Gasteiger partial charge is 0.448 e. The summed E-state index contributed by atoms with van der Waals surface area (Å²) < 4.78 is 5.35. The fourth-order valence-corrected chi connectivity index (χ4v) is 4.95. The minimum atomic E-state index is -0.881. The highest BCUT2D eigenvalue weighted by Crippen LogP contribution is 2.30. The highest BCUT2D eigenvalue weighted by Gasteiger charge is 2.26. The van der Waals surface area contributed by atoms with E-state index in [4.69, 9.17) is 4.74 Å². The maximum Gasteiger partial charge on any atom is 0.358 e. The Hall–Kier alpha value is -2.51. The number of nitrogens with one attached hydrogen (secondary N) is 1. The predicted molar refractivity (Wildman–Crippen MR) is 111 cm³/mol. The summed E-state index contributed by atoms with van der Waals surface area (Å²) in [5.41, 5.74) is 2.66. The number of aryl methyl sites for hydroxylation is 1. The van der Waals surface area contributed by atoms with Gasteiger partial charge in [-0.15, -0.1) is 22.7 Å². The summed E-state index contributed by atoms with van der Waals surface area (Å²) in [7, 11) is 0. The van der Waals surface area contributed by atoms with Gasteiger partial charge in [0.15, 0.2) is 11.8 Å². The van der Waals surface area contributed by atoms with E-state index in [1.54, 1.807) is 23.6 Å². The van der Waals surface area contributed by atoms with E-state index in [1.165, 1.54) is 16.9 Å². The number of carbonyl (C=O) groups is 2. The van der Waals surface area contributed by atoms with Crippen LogP contribution in [0.2, 0.25) is 0 Å². The lowest BCUT2D eigenvalue weighted by Crippen LogP contribution is -2.39. The number of amides is 1. The molecular formula is C21H20N2O3S2. The molecule has 0 saturated heterocycles. The second-order valence-corrected chi connectivity index (χ2v) is 8.52. The smallest absolute Gasteiger partial charge is 0.358 e.